The van der Waals surface area contributed by atoms with Crippen LogP contribution in [0.2, 0.25) is 0 Å². The molecule has 0 amide bonds. The van der Waals surface area contributed by atoms with Gasteiger partial charge in [0.1, 0.15) is 12.1 Å². The van der Waals surface area contributed by atoms with Crippen molar-refractivity contribution in [3.8, 4) is 46.4 Å². The van der Waals surface area contributed by atoms with Crippen LogP contribution < -0.4 is 0 Å². The third kappa shape index (κ3) is 5.12. The Morgan fingerprint density at radius 2 is 0.689 bits per heavy atom. The number of fused-ring (bicyclic) bond motifs is 9. The van der Waals surface area contributed by atoms with Crippen molar-refractivity contribution in [2.24, 2.45) is 0 Å². The van der Waals surface area contributed by atoms with Gasteiger partial charge in [-0.1, -0.05) is 95.1 Å². The fourth-order valence-corrected chi connectivity index (χ4v) is 9.72. The summed E-state index contributed by atoms with van der Waals surface area (Å²) in [6.07, 6.45) is 0. The van der Waals surface area contributed by atoms with Gasteiger partial charge in [0, 0.05) is 37.9 Å². The minimum absolute atomic E-state index is 0.356. The zero-order valence-corrected chi connectivity index (χ0v) is 34.0. The topological polar surface area (TPSA) is 86.2 Å². The van der Waals surface area contributed by atoms with E-state index in [1.807, 2.05) is 12.1 Å². The molecule has 0 unspecified atom stereocenters. The van der Waals surface area contributed by atoms with Gasteiger partial charge in [-0.15, -0.1) is 0 Å². The maximum absolute atomic E-state index is 11.8. The fraction of sp³-hybridized carbons (Fsp3) is 0.0727. The van der Waals surface area contributed by atoms with Crippen molar-refractivity contribution in [3.05, 3.63) is 185 Å². The summed E-state index contributed by atoms with van der Waals surface area (Å²) in [5.41, 5.74) is 14.6. The maximum Gasteiger partial charge on any atom is 0.102 e. The average Bonchev–Trinajstić information content (AvgIpc) is 3.89. The Balaban J connectivity index is 1.50. The zero-order chi connectivity index (χ0) is 41.7. The van der Waals surface area contributed by atoms with Crippen LogP contribution in [0.1, 0.15) is 38.9 Å². The van der Waals surface area contributed by atoms with Gasteiger partial charge in [-0.25, -0.2) is 0 Å². The molecule has 11 aromatic rings. The van der Waals surface area contributed by atoms with E-state index in [0.29, 0.717) is 44.9 Å². The second kappa shape index (κ2) is 13.3. The van der Waals surface area contributed by atoms with Gasteiger partial charge in [0.05, 0.1) is 72.9 Å². The first-order valence-electron chi connectivity index (χ1n) is 20.4. The first-order valence-corrected chi connectivity index (χ1v) is 20.4. The molecule has 3 heterocycles. The van der Waals surface area contributed by atoms with Gasteiger partial charge in [0.15, 0.2) is 0 Å². The number of aryl methyl sites for hydroxylation is 4. The monoisotopic (exact) mass is 780 g/mol. The number of aromatic nitrogens is 3. The Morgan fingerprint density at radius 1 is 0.344 bits per heavy atom. The quantitative estimate of drug-likeness (QED) is 0.178. The van der Waals surface area contributed by atoms with Gasteiger partial charge < -0.3 is 13.7 Å². The molecule has 0 aliphatic carbocycles. The molecule has 61 heavy (non-hydrogen) atoms. The van der Waals surface area contributed by atoms with Crippen molar-refractivity contribution in [2.45, 2.75) is 27.7 Å². The van der Waals surface area contributed by atoms with Gasteiger partial charge >= 0.3 is 0 Å². The summed E-state index contributed by atoms with van der Waals surface area (Å²) in [5, 5.41) is 40.0. The van der Waals surface area contributed by atoms with Crippen LogP contribution in [-0.4, -0.2) is 13.7 Å². The highest BCUT2D eigenvalue weighted by Crippen LogP contribution is 2.49. The number of rotatable bonds is 4. The lowest BCUT2D eigenvalue weighted by Crippen LogP contribution is -2.15. The molecular formula is C55H36N6. The minimum Gasteiger partial charge on any atom is -0.306 e. The van der Waals surface area contributed by atoms with E-state index < -0.39 is 0 Å². The highest BCUT2D eigenvalue weighted by Gasteiger charge is 2.33. The fourth-order valence-electron chi connectivity index (χ4n) is 9.72. The lowest BCUT2D eigenvalue weighted by Gasteiger charge is -2.26. The van der Waals surface area contributed by atoms with Gasteiger partial charge in [-0.05, 0) is 106 Å². The molecule has 0 aliphatic rings. The summed E-state index contributed by atoms with van der Waals surface area (Å²) < 4.78 is 6.78. The number of nitrogens with zero attached hydrogens (tertiary/aromatic N) is 6. The normalized spacial score (nSPS) is 11.6. The third-order valence-corrected chi connectivity index (χ3v) is 12.4. The van der Waals surface area contributed by atoms with E-state index in [9.17, 15) is 15.8 Å². The molecule has 0 spiro atoms. The number of hydrogen-bond acceptors (Lipinski definition) is 3. The van der Waals surface area contributed by atoms with Crippen LogP contribution in [0.5, 0.6) is 0 Å². The lowest BCUT2D eigenvalue weighted by atomic mass is 9.90. The highest BCUT2D eigenvalue weighted by molar-refractivity contribution is 6.15. The first kappa shape index (κ1) is 35.8. The van der Waals surface area contributed by atoms with Crippen molar-refractivity contribution in [1.29, 1.82) is 15.8 Å². The predicted octanol–water partition coefficient (Wildman–Crippen LogP) is 13.5. The minimum atomic E-state index is 0.356. The van der Waals surface area contributed by atoms with E-state index in [2.05, 4.69) is 181 Å². The largest absolute Gasteiger partial charge is 0.306 e. The molecule has 6 nitrogen and oxygen atoms in total. The predicted molar refractivity (Wildman–Crippen MR) is 248 cm³/mol. The van der Waals surface area contributed by atoms with Crippen LogP contribution in [0.25, 0.3) is 93.6 Å². The molecule has 0 atom stereocenters. The average molecular weight is 781 g/mol. The van der Waals surface area contributed by atoms with Crippen LogP contribution in [0.3, 0.4) is 0 Å². The Morgan fingerprint density at radius 3 is 1.05 bits per heavy atom. The van der Waals surface area contributed by atoms with Crippen LogP contribution >= 0.6 is 0 Å². The highest BCUT2D eigenvalue weighted by atomic mass is 15.1. The molecule has 0 N–H and O–H groups in total. The lowest BCUT2D eigenvalue weighted by molar-refractivity contribution is 1.04. The zero-order valence-electron chi connectivity index (χ0n) is 34.0. The summed E-state index contributed by atoms with van der Waals surface area (Å²) in [6.45, 7) is 8.43. The molecule has 0 saturated heterocycles. The van der Waals surface area contributed by atoms with Gasteiger partial charge in [0.2, 0.25) is 0 Å². The van der Waals surface area contributed by atoms with E-state index in [1.165, 1.54) is 0 Å². The summed E-state index contributed by atoms with van der Waals surface area (Å²) >= 11 is 0. The molecule has 0 bridgehead atoms. The standard InChI is InChI=1S/C55H36N6/c1-32-13-21-48-40(25-32)41-26-33(2)14-22-49(41)59(48)53-44(30-57)52(37-19-17-36(29-56)18-20-37)45(31-58)54(55(53)61-46-11-7-5-9-38(46)39-10-6-8-12-47(39)61)60-50-23-15-34(3)27-42(50)43-28-35(4)16-24-51(43)60/h5-28H,1-4H3. The van der Waals surface area contributed by atoms with Crippen LogP contribution in [0.15, 0.2) is 146 Å². The molecule has 11 rings (SSSR count). The Hall–Kier alpha value is -8.37. The van der Waals surface area contributed by atoms with Crippen LogP contribution in [0, 0.1) is 61.7 Å². The molecule has 6 heteroatoms. The van der Waals surface area contributed by atoms with Crippen molar-refractivity contribution in [2.75, 3.05) is 0 Å². The maximum atomic E-state index is 11.8. The summed E-state index contributed by atoms with van der Waals surface area (Å²) in [6, 6.07) is 57.7. The Bertz CT molecular complexity index is 3490. The van der Waals surface area contributed by atoms with Crippen molar-refractivity contribution >= 4 is 65.4 Å². The molecule has 286 valence electrons. The summed E-state index contributed by atoms with van der Waals surface area (Å²) in [7, 11) is 0. The second-order valence-electron chi connectivity index (χ2n) is 16.2. The molecule has 8 aromatic carbocycles. The van der Waals surface area contributed by atoms with Crippen molar-refractivity contribution in [1.82, 2.24) is 13.7 Å². The van der Waals surface area contributed by atoms with E-state index in [-0.39, 0.29) is 0 Å². The van der Waals surface area contributed by atoms with E-state index in [0.717, 1.165) is 87.7 Å². The van der Waals surface area contributed by atoms with E-state index >= 15 is 0 Å². The third-order valence-electron chi connectivity index (χ3n) is 12.4. The summed E-state index contributed by atoms with van der Waals surface area (Å²) in [5.74, 6) is 0. The summed E-state index contributed by atoms with van der Waals surface area (Å²) in [4.78, 5) is 0. The first-order chi connectivity index (χ1) is 29.8. The van der Waals surface area contributed by atoms with Crippen LogP contribution in [0.4, 0.5) is 0 Å². The smallest absolute Gasteiger partial charge is 0.102 e. The number of hydrogen-bond donors (Lipinski definition) is 0. The number of para-hydroxylation sites is 2. The van der Waals surface area contributed by atoms with Crippen molar-refractivity contribution in [3.63, 3.8) is 0 Å². The number of nitriles is 3. The molecule has 0 aliphatic heterocycles. The SMILES string of the molecule is Cc1ccc2c(c1)c1cc(C)ccc1n2-c1c(C#N)c(-c2ccc(C#N)cc2)c(C#N)c(-n2c3ccc(C)cc3c3cc(C)ccc32)c1-n1c2ccccc2c2ccccc21. The molecule has 0 saturated carbocycles. The molecule has 3 aromatic heterocycles. The van der Waals surface area contributed by atoms with Gasteiger partial charge in [-0.2, -0.15) is 15.8 Å². The van der Waals surface area contributed by atoms with Gasteiger partial charge in [-0.3, -0.25) is 0 Å². The Labute approximate surface area is 352 Å². The van der Waals surface area contributed by atoms with E-state index in [1.54, 1.807) is 12.1 Å². The molecule has 0 radical (unpaired) electrons. The molecule has 0 fully saturated rings. The Kier molecular flexibility index (Phi) is 7.82. The molecular weight excluding hydrogens is 745 g/mol. The van der Waals surface area contributed by atoms with Crippen molar-refractivity contribution < 1.29 is 0 Å². The second-order valence-corrected chi connectivity index (χ2v) is 16.2. The van der Waals surface area contributed by atoms with Gasteiger partial charge in [0.25, 0.3) is 0 Å². The van der Waals surface area contributed by atoms with Crippen LogP contribution in [-0.2, 0) is 0 Å². The van der Waals surface area contributed by atoms with E-state index in [4.69, 9.17) is 0 Å². The number of benzene rings is 8.